The molecule has 3 atom stereocenters. The molecule has 0 unspecified atom stereocenters. The van der Waals surface area contributed by atoms with Gasteiger partial charge in [-0.05, 0) is 81.8 Å². The summed E-state index contributed by atoms with van der Waals surface area (Å²) >= 11 is 0. The number of methoxy groups -OCH3 is 2. The summed E-state index contributed by atoms with van der Waals surface area (Å²) in [6, 6.07) is 5.55. The highest BCUT2D eigenvalue weighted by molar-refractivity contribution is 6.05. The number of hydrogen-bond donors (Lipinski definition) is 15. The van der Waals surface area contributed by atoms with Crippen molar-refractivity contribution in [1.29, 1.82) is 16.2 Å². The molecule has 6 amide bonds. The van der Waals surface area contributed by atoms with Gasteiger partial charge in [-0.2, -0.15) is 0 Å². The number of amides is 6. The summed E-state index contributed by atoms with van der Waals surface area (Å²) < 4.78 is 10.8. The Morgan fingerprint density at radius 2 is 1.03 bits per heavy atom. The van der Waals surface area contributed by atoms with Crippen molar-refractivity contribution >= 4 is 64.7 Å². The van der Waals surface area contributed by atoms with Crippen LogP contribution in [0.1, 0.15) is 72.6 Å². The molecular formula is C38H59N15O8. The highest BCUT2D eigenvalue weighted by Crippen LogP contribution is 2.25. The van der Waals surface area contributed by atoms with Crippen LogP contribution in [-0.4, -0.2) is 112 Å². The van der Waals surface area contributed by atoms with E-state index in [-0.39, 0.29) is 90.0 Å². The zero-order valence-corrected chi connectivity index (χ0v) is 34.8. The second-order valence-corrected chi connectivity index (χ2v) is 13.5. The maximum Gasteiger partial charge on any atom is 0.255 e. The van der Waals surface area contributed by atoms with E-state index in [4.69, 9.17) is 42.9 Å². The number of likely N-dealkylation sites (N-methyl/N-ethyl adjacent to an activating group) is 1. The van der Waals surface area contributed by atoms with Gasteiger partial charge in [-0.15, -0.1) is 0 Å². The fourth-order valence-electron chi connectivity index (χ4n) is 5.66. The normalized spacial score (nSPS) is 11.9. The minimum atomic E-state index is -1.18. The number of nitrogens with one attached hydrogen (secondary N) is 12. The molecule has 0 spiro atoms. The molecular weight excluding hydrogens is 795 g/mol. The van der Waals surface area contributed by atoms with Crippen LogP contribution in [0.15, 0.2) is 36.4 Å². The first-order valence-electron chi connectivity index (χ1n) is 19.3. The average molecular weight is 854 g/mol. The van der Waals surface area contributed by atoms with Crippen molar-refractivity contribution in [3.05, 3.63) is 47.5 Å². The summed E-state index contributed by atoms with van der Waals surface area (Å²) in [5, 5.41) is 45.8. The van der Waals surface area contributed by atoms with Gasteiger partial charge < -0.3 is 74.5 Å². The van der Waals surface area contributed by atoms with Gasteiger partial charge in [-0.25, -0.2) is 0 Å². The van der Waals surface area contributed by atoms with Crippen LogP contribution >= 0.6 is 0 Å². The fraction of sp³-hybridized carbons (Fsp3) is 0.447. The van der Waals surface area contributed by atoms with Gasteiger partial charge in [0.05, 0.1) is 25.3 Å². The molecule has 2 aromatic rings. The molecule has 334 valence electrons. The average Bonchev–Trinajstić information content (AvgIpc) is 3.21. The molecule has 0 heterocycles. The Kier molecular flexibility index (Phi) is 21.2. The minimum absolute atomic E-state index is 0.00140. The fourth-order valence-corrected chi connectivity index (χ4v) is 5.66. The second-order valence-electron chi connectivity index (χ2n) is 13.5. The zero-order valence-electron chi connectivity index (χ0n) is 34.8. The van der Waals surface area contributed by atoms with E-state index < -0.39 is 47.7 Å². The van der Waals surface area contributed by atoms with Crippen molar-refractivity contribution < 1.29 is 38.2 Å². The number of hydrogen-bond acceptors (Lipinski definition) is 11. The zero-order chi connectivity index (χ0) is 45.5. The van der Waals surface area contributed by atoms with Gasteiger partial charge in [-0.3, -0.25) is 45.0 Å². The Balaban J connectivity index is 2.26. The van der Waals surface area contributed by atoms with Crippen molar-refractivity contribution in [3.8, 4) is 11.5 Å². The van der Waals surface area contributed by atoms with Crippen LogP contribution in [0, 0.1) is 16.2 Å². The van der Waals surface area contributed by atoms with Crippen molar-refractivity contribution in [3.63, 3.8) is 0 Å². The van der Waals surface area contributed by atoms with Crippen LogP contribution in [0.4, 0.5) is 11.4 Å². The Hall–Kier alpha value is -7.33. The molecule has 2 aromatic carbocycles. The van der Waals surface area contributed by atoms with E-state index in [1.54, 1.807) is 0 Å². The topological polar surface area (TPSA) is 379 Å². The quantitative estimate of drug-likeness (QED) is 0.0321. The summed E-state index contributed by atoms with van der Waals surface area (Å²) in [5.74, 6) is -3.83. The number of nitrogens with two attached hydrogens (primary N) is 3. The van der Waals surface area contributed by atoms with Crippen LogP contribution in [-0.2, 0) is 19.2 Å². The SMILES string of the molecule is CNC(=O)[C@H](CCCNC(=N)N)NC(=O)c1cc(NC(=O)[C@H](CCCNC(=N)N)NC(=O)c2cc(NC(=O)[C@H](C)NC(=O)CCCCNC(=N)N)ccc2OC)ccc1OC. The molecule has 0 saturated carbocycles. The molecule has 0 aliphatic heterocycles. The Bertz CT molecular complexity index is 1890. The van der Waals surface area contributed by atoms with Crippen LogP contribution < -0.4 is 74.5 Å². The number of unbranched alkanes of at least 4 members (excludes halogenated alkanes) is 1. The predicted molar refractivity (Wildman–Crippen MR) is 229 cm³/mol. The third-order valence-corrected chi connectivity index (χ3v) is 8.80. The molecule has 0 aliphatic carbocycles. The van der Waals surface area contributed by atoms with Crippen molar-refractivity contribution in [1.82, 2.24) is 37.2 Å². The number of benzene rings is 2. The van der Waals surface area contributed by atoms with Gasteiger partial charge in [0.25, 0.3) is 11.8 Å². The van der Waals surface area contributed by atoms with E-state index in [0.29, 0.717) is 32.4 Å². The van der Waals surface area contributed by atoms with E-state index in [2.05, 4.69) is 47.9 Å². The smallest absolute Gasteiger partial charge is 0.255 e. The third kappa shape index (κ3) is 18.0. The maximum absolute atomic E-state index is 13.8. The lowest BCUT2D eigenvalue weighted by atomic mass is 10.1. The molecule has 23 heteroatoms. The van der Waals surface area contributed by atoms with Crippen LogP contribution in [0.2, 0.25) is 0 Å². The summed E-state index contributed by atoms with van der Waals surface area (Å²) in [4.78, 5) is 79.1. The lowest BCUT2D eigenvalue weighted by Crippen LogP contribution is -2.46. The van der Waals surface area contributed by atoms with Gasteiger partial charge in [0, 0.05) is 44.5 Å². The van der Waals surface area contributed by atoms with E-state index in [0.717, 1.165) is 0 Å². The van der Waals surface area contributed by atoms with E-state index in [1.807, 2.05) is 0 Å². The number of carbonyl (C=O) groups excluding carboxylic acids is 6. The molecule has 0 fully saturated rings. The third-order valence-electron chi connectivity index (χ3n) is 8.80. The van der Waals surface area contributed by atoms with Crippen LogP contribution in [0.3, 0.4) is 0 Å². The van der Waals surface area contributed by atoms with Gasteiger partial charge >= 0.3 is 0 Å². The first-order valence-corrected chi connectivity index (χ1v) is 19.3. The van der Waals surface area contributed by atoms with E-state index in [1.165, 1.54) is 64.6 Å². The summed E-state index contributed by atoms with van der Waals surface area (Å²) in [6.07, 6.45) is 2.21. The molecule has 0 aromatic heterocycles. The number of guanidine groups is 3. The molecule has 0 radical (unpaired) electrons. The van der Waals surface area contributed by atoms with E-state index >= 15 is 0 Å². The van der Waals surface area contributed by atoms with Crippen molar-refractivity contribution in [2.75, 3.05) is 51.5 Å². The molecule has 23 nitrogen and oxygen atoms in total. The van der Waals surface area contributed by atoms with Gasteiger partial charge in [0.2, 0.25) is 23.6 Å². The summed E-state index contributed by atoms with van der Waals surface area (Å²) in [6.45, 7) is 2.44. The highest BCUT2D eigenvalue weighted by Gasteiger charge is 2.26. The standard InChI is InChI=1S/C38H59N15O8/c1-21(49-30(54)11-5-6-16-46-36(39)40)31(55)50-22-12-14-28(60-3)24(19-22)33(57)53-27(10-8-18-48-38(43)44)35(59)51-23-13-15-29(61-4)25(20-23)32(56)52-26(34(58)45-2)9-7-17-47-37(41)42/h12-15,19-21,26-27H,5-11,16-18H2,1-4H3,(H,45,58)(H,49,54)(H,50,55)(H,51,59)(H,52,56)(H,53,57)(H4,39,40,46)(H4,41,42,47)(H4,43,44,48)/t21-,26-,27-/m0/s1. The summed E-state index contributed by atoms with van der Waals surface area (Å²) in [5.41, 5.74) is 16.3. The monoisotopic (exact) mass is 853 g/mol. The lowest BCUT2D eigenvalue weighted by Gasteiger charge is -2.21. The van der Waals surface area contributed by atoms with Crippen molar-refractivity contribution in [2.45, 2.75) is 70.0 Å². The number of ether oxygens (including phenoxy) is 2. The number of rotatable bonds is 25. The van der Waals surface area contributed by atoms with Gasteiger partial charge in [-0.1, -0.05) is 0 Å². The van der Waals surface area contributed by atoms with Gasteiger partial charge in [0.1, 0.15) is 29.6 Å². The second kappa shape index (κ2) is 25.9. The number of anilines is 2. The molecule has 61 heavy (non-hydrogen) atoms. The molecule has 18 N–H and O–H groups in total. The Morgan fingerprint density at radius 3 is 1.46 bits per heavy atom. The molecule has 0 bridgehead atoms. The lowest BCUT2D eigenvalue weighted by molar-refractivity contribution is -0.126. The van der Waals surface area contributed by atoms with Crippen LogP contribution in [0.5, 0.6) is 11.5 Å². The molecule has 2 rings (SSSR count). The largest absolute Gasteiger partial charge is 0.496 e. The first kappa shape index (κ1) is 49.8. The number of carbonyl (C=O) groups is 6. The predicted octanol–water partition coefficient (Wildman–Crippen LogP) is -1.09. The van der Waals surface area contributed by atoms with Crippen LogP contribution in [0.25, 0.3) is 0 Å². The maximum atomic E-state index is 13.8. The molecule has 0 saturated heterocycles. The molecule has 0 aliphatic rings. The Morgan fingerprint density at radius 1 is 0.607 bits per heavy atom. The first-order chi connectivity index (χ1) is 29.0. The minimum Gasteiger partial charge on any atom is -0.496 e. The summed E-state index contributed by atoms with van der Waals surface area (Å²) in [7, 11) is 4.12. The highest BCUT2D eigenvalue weighted by atomic mass is 16.5. The van der Waals surface area contributed by atoms with Gasteiger partial charge in [0.15, 0.2) is 17.9 Å². The Labute approximate surface area is 353 Å². The van der Waals surface area contributed by atoms with Crippen molar-refractivity contribution in [2.24, 2.45) is 17.2 Å². The van der Waals surface area contributed by atoms with E-state index in [9.17, 15) is 28.8 Å².